The Bertz CT molecular complexity index is 942. The third-order valence-corrected chi connectivity index (χ3v) is 5.38. The summed E-state index contributed by atoms with van der Waals surface area (Å²) in [6, 6.07) is 12.3. The molecule has 2 heterocycles. The molecule has 0 atom stereocenters. The molecule has 1 aliphatic rings. The van der Waals surface area contributed by atoms with Gasteiger partial charge < -0.3 is 19.6 Å². The molecule has 134 valence electrons. The van der Waals surface area contributed by atoms with E-state index in [0.29, 0.717) is 15.7 Å². The van der Waals surface area contributed by atoms with Gasteiger partial charge in [0.15, 0.2) is 0 Å². The summed E-state index contributed by atoms with van der Waals surface area (Å²) in [7, 11) is 0. The molecule has 0 bridgehead atoms. The maximum absolute atomic E-state index is 12.7. The first kappa shape index (κ1) is 17.1. The maximum atomic E-state index is 12.7. The smallest absolute Gasteiger partial charge is 0.209 e. The van der Waals surface area contributed by atoms with Crippen molar-refractivity contribution in [3.8, 4) is 11.5 Å². The molecule has 0 spiro atoms. The molecule has 5 nitrogen and oxygen atoms in total. The van der Waals surface area contributed by atoms with Crippen molar-refractivity contribution in [3.63, 3.8) is 0 Å². The highest BCUT2D eigenvalue weighted by atomic mass is 79.9. The second-order valence-corrected chi connectivity index (χ2v) is 7.12. The lowest BCUT2D eigenvalue weighted by Gasteiger charge is -2.23. The van der Waals surface area contributed by atoms with Gasteiger partial charge in [-0.05, 0) is 58.4 Å². The number of H-pyrrole nitrogens is 1. The summed E-state index contributed by atoms with van der Waals surface area (Å²) >= 11 is 3.35. The van der Waals surface area contributed by atoms with E-state index in [2.05, 4.69) is 20.9 Å². The first-order chi connectivity index (χ1) is 12.6. The van der Waals surface area contributed by atoms with Crippen molar-refractivity contribution in [2.75, 3.05) is 13.2 Å². The van der Waals surface area contributed by atoms with Crippen LogP contribution < -0.4 is 4.74 Å². The fourth-order valence-corrected chi connectivity index (χ4v) is 3.57. The number of fused-ring (bicyclic) bond motifs is 1. The van der Waals surface area contributed by atoms with Crippen molar-refractivity contribution in [1.82, 2.24) is 4.98 Å². The predicted molar refractivity (Wildman–Crippen MR) is 102 cm³/mol. The number of phenols is 1. The summed E-state index contributed by atoms with van der Waals surface area (Å²) in [6.45, 7) is 1.46. The Kier molecular flexibility index (Phi) is 4.70. The third kappa shape index (κ3) is 3.34. The monoisotopic (exact) mass is 415 g/mol. The van der Waals surface area contributed by atoms with Crippen LogP contribution in [-0.2, 0) is 4.74 Å². The number of rotatable bonds is 4. The number of nitrogens with one attached hydrogen (secondary N) is 1. The summed E-state index contributed by atoms with van der Waals surface area (Å²) in [4.78, 5) is 15.9. The molecule has 0 amide bonds. The van der Waals surface area contributed by atoms with Crippen LogP contribution in [0.2, 0.25) is 0 Å². The zero-order valence-corrected chi connectivity index (χ0v) is 15.6. The topological polar surface area (TPSA) is 71.6 Å². The zero-order valence-electron chi connectivity index (χ0n) is 14.0. The van der Waals surface area contributed by atoms with Crippen molar-refractivity contribution in [2.45, 2.75) is 18.9 Å². The molecule has 3 aromatic rings. The Morgan fingerprint density at radius 3 is 2.62 bits per heavy atom. The fourth-order valence-electron chi connectivity index (χ4n) is 3.11. The predicted octanol–water partition coefficient (Wildman–Crippen LogP) is 4.42. The number of phenolic OH excluding ortho intramolecular Hbond substituents is 1. The minimum Gasteiger partial charge on any atom is -0.507 e. The minimum absolute atomic E-state index is 0.106. The Hall–Kier alpha value is -2.31. The van der Waals surface area contributed by atoms with Crippen LogP contribution in [0.1, 0.15) is 28.9 Å². The van der Waals surface area contributed by atoms with Gasteiger partial charge in [-0.1, -0.05) is 0 Å². The van der Waals surface area contributed by atoms with Crippen LogP contribution in [0, 0.1) is 0 Å². The molecule has 2 aromatic carbocycles. The second-order valence-electron chi connectivity index (χ2n) is 6.33. The van der Waals surface area contributed by atoms with Crippen molar-refractivity contribution < 1.29 is 19.4 Å². The van der Waals surface area contributed by atoms with Crippen LogP contribution in [0.3, 0.4) is 0 Å². The summed E-state index contributed by atoms with van der Waals surface area (Å²) in [5.74, 6) is 0.799. The molecule has 4 rings (SSSR count). The number of carbonyl (C=O) groups excluding carboxylic acids is 1. The quantitative estimate of drug-likeness (QED) is 0.618. The van der Waals surface area contributed by atoms with Crippen LogP contribution >= 0.6 is 15.9 Å². The Labute approximate surface area is 159 Å². The van der Waals surface area contributed by atoms with E-state index in [9.17, 15) is 9.90 Å². The zero-order chi connectivity index (χ0) is 18.1. The third-order valence-electron chi connectivity index (χ3n) is 4.55. The van der Waals surface area contributed by atoms with E-state index in [1.54, 1.807) is 30.3 Å². The van der Waals surface area contributed by atoms with Gasteiger partial charge in [0, 0.05) is 29.3 Å². The lowest BCUT2D eigenvalue weighted by molar-refractivity contribution is 0.0256. The fraction of sp³-hybridized carbons (Fsp3) is 0.250. The number of halogens is 1. The lowest BCUT2D eigenvalue weighted by Crippen LogP contribution is -2.25. The summed E-state index contributed by atoms with van der Waals surface area (Å²) in [6.07, 6.45) is 1.94. The number of ketones is 1. The molecular weight excluding hydrogens is 398 g/mol. The average molecular weight is 416 g/mol. The van der Waals surface area contributed by atoms with Crippen LogP contribution in [0.15, 0.2) is 46.9 Å². The molecule has 6 heteroatoms. The van der Waals surface area contributed by atoms with Crippen LogP contribution in [0.5, 0.6) is 11.5 Å². The van der Waals surface area contributed by atoms with Gasteiger partial charge in [-0.2, -0.15) is 0 Å². The second kappa shape index (κ2) is 7.13. The van der Waals surface area contributed by atoms with Gasteiger partial charge in [-0.3, -0.25) is 4.79 Å². The molecular formula is C20H18BrNO4. The minimum atomic E-state index is -0.106. The number of aromatic hydroxyl groups is 1. The molecule has 1 aliphatic heterocycles. The number of aromatic nitrogens is 1. The molecule has 0 radical (unpaired) electrons. The highest BCUT2D eigenvalue weighted by Crippen LogP contribution is 2.33. The van der Waals surface area contributed by atoms with Crippen LogP contribution in [0.4, 0.5) is 0 Å². The maximum Gasteiger partial charge on any atom is 0.209 e. The summed E-state index contributed by atoms with van der Waals surface area (Å²) in [5.41, 5.74) is 1.85. The van der Waals surface area contributed by atoms with Crippen molar-refractivity contribution in [2.24, 2.45) is 0 Å². The SMILES string of the molecule is O=C(c1ccc(OC2CCOCC2)cc1)c1cc2c(Br)c(O)ccc2[nH]1. The van der Waals surface area contributed by atoms with E-state index >= 15 is 0 Å². The van der Waals surface area contributed by atoms with Gasteiger partial charge in [0.2, 0.25) is 5.78 Å². The van der Waals surface area contributed by atoms with E-state index in [-0.39, 0.29) is 17.6 Å². The van der Waals surface area contributed by atoms with Gasteiger partial charge in [-0.15, -0.1) is 0 Å². The largest absolute Gasteiger partial charge is 0.507 e. The Morgan fingerprint density at radius 2 is 1.88 bits per heavy atom. The molecule has 0 unspecified atom stereocenters. The molecule has 2 N–H and O–H groups in total. The molecule has 26 heavy (non-hydrogen) atoms. The normalized spacial score (nSPS) is 15.3. The van der Waals surface area contributed by atoms with Crippen LogP contribution in [-0.4, -0.2) is 35.2 Å². The molecule has 0 saturated carbocycles. The first-order valence-electron chi connectivity index (χ1n) is 8.51. The van der Waals surface area contributed by atoms with Crippen molar-refractivity contribution in [1.29, 1.82) is 0 Å². The molecule has 1 saturated heterocycles. The van der Waals surface area contributed by atoms with Gasteiger partial charge in [-0.25, -0.2) is 0 Å². The lowest BCUT2D eigenvalue weighted by atomic mass is 10.1. The molecule has 1 fully saturated rings. The van der Waals surface area contributed by atoms with Crippen LogP contribution in [0.25, 0.3) is 10.9 Å². The van der Waals surface area contributed by atoms with Gasteiger partial charge in [0.1, 0.15) is 17.6 Å². The number of ether oxygens (including phenoxy) is 2. The number of hydrogen-bond acceptors (Lipinski definition) is 4. The summed E-state index contributed by atoms with van der Waals surface area (Å²) in [5, 5.41) is 10.6. The standard InChI is InChI=1S/C20H18BrNO4/c21-19-15-11-17(22-16(15)5-6-18(19)23)20(24)12-1-3-13(4-2-12)26-14-7-9-25-10-8-14/h1-6,11,14,22-23H,7-10H2. The van der Waals surface area contributed by atoms with E-state index in [0.717, 1.165) is 42.7 Å². The average Bonchev–Trinajstić information content (AvgIpc) is 3.11. The highest BCUT2D eigenvalue weighted by Gasteiger charge is 2.17. The number of hydrogen-bond donors (Lipinski definition) is 2. The molecule has 1 aromatic heterocycles. The first-order valence-corrected chi connectivity index (χ1v) is 9.30. The van der Waals surface area contributed by atoms with Crippen molar-refractivity contribution >= 4 is 32.6 Å². The van der Waals surface area contributed by atoms with Gasteiger partial charge >= 0.3 is 0 Å². The number of carbonyl (C=O) groups is 1. The molecule has 0 aliphatic carbocycles. The van der Waals surface area contributed by atoms with E-state index < -0.39 is 0 Å². The van der Waals surface area contributed by atoms with E-state index in [4.69, 9.17) is 9.47 Å². The number of aromatic amines is 1. The van der Waals surface area contributed by atoms with Gasteiger partial charge in [0.25, 0.3) is 0 Å². The summed E-state index contributed by atoms with van der Waals surface area (Å²) < 4.78 is 11.8. The van der Waals surface area contributed by atoms with Gasteiger partial charge in [0.05, 0.1) is 23.4 Å². The Morgan fingerprint density at radius 1 is 1.15 bits per heavy atom. The van der Waals surface area contributed by atoms with Crippen molar-refractivity contribution in [3.05, 3.63) is 58.2 Å². The number of benzene rings is 2. The highest BCUT2D eigenvalue weighted by molar-refractivity contribution is 9.10. The Balaban J connectivity index is 1.53. The van der Waals surface area contributed by atoms with E-state index in [1.165, 1.54) is 0 Å². The van der Waals surface area contributed by atoms with E-state index in [1.807, 2.05) is 12.1 Å².